The van der Waals surface area contributed by atoms with E-state index < -0.39 is 0 Å². The molecule has 0 amide bonds. The zero-order chi connectivity index (χ0) is 11.0. The van der Waals surface area contributed by atoms with Gasteiger partial charge in [0.1, 0.15) is 0 Å². The van der Waals surface area contributed by atoms with E-state index in [0.29, 0.717) is 10.8 Å². The molecule has 0 N–H and O–H groups in total. The number of hydrogen-bond donors (Lipinski definition) is 0. The Bertz CT molecular complexity index is 183. The van der Waals surface area contributed by atoms with Crippen molar-refractivity contribution >= 4 is 0 Å². The van der Waals surface area contributed by atoms with Crippen molar-refractivity contribution in [1.29, 1.82) is 0 Å². The van der Waals surface area contributed by atoms with Crippen molar-refractivity contribution in [3.8, 4) is 0 Å². The highest BCUT2D eigenvalue weighted by Gasteiger charge is 2.36. The van der Waals surface area contributed by atoms with E-state index in [0.717, 1.165) is 11.8 Å². The maximum Gasteiger partial charge on any atom is -0.0303 e. The monoisotopic (exact) mass is 196 g/mol. The van der Waals surface area contributed by atoms with Gasteiger partial charge in [0, 0.05) is 0 Å². The minimum absolute atomic E-state index is 0.443. The van der Waals surface area contributed by atoms with Crippen molar-refractivity contribution in [2.45, 2.75) is 67.2 Å². The van der Waals surface area contributed by atoms with Gasteiger partial charge < -0.3 is 0 Å². The third-order valence-electron chi connectivity index (χ3n) is 4.63. The van der Waals surface area contributed by atoms with E-state index in [4.69, 9.17) is 0 Å². The van der Waals surface area contributed by atoms with Crippen LogP contribution in [-0.2, 0) is 0 Å². The summed E-state index contributed by atoms with van der Waals surface area (Å²) in [4.78, 5) is 0. The summed E-state index contributed by atoms with van der Waals surface area (Å²) in [6.07, 6.45) is 5.83. The number of rotatable bonds is 2. The quantitative estimate of drug-likeness (QED) is 0.590. The summed E-state index contributed by atoms with van der Waals surface area (Å²) in [7, 11) is 0. The molecule has 1 saturated carbocycles. The van der Waals surface area contributed by atoms with E-state index in [1.54, 1.807) is 0 Å². The molecule has 0 aromatic heterocycles. The Morgan fingerprint density at radius 3 is 1.93 bits per heavy atom. The van der Waals surface area contributed by atoms with E-state index in [1.807, 2.05) is 0 Å². The van der Waals surface area contributed by atoms with Gasteiger partial charge in [-0.05, 0) is 35.5 Å². The molecule has 1 rings (SSSR count). The average molecular weight is 196 g/mol. The second-order valence-corrected chi connectivity index (χ2v) is 7.12. The van der Waals surface area contributed by atoms with Gasteiger partial charge in [0.2, 0.25) is 0 Å². The molecular weight excluding hydrogens is 168 g/mol. The van der Waals surface area contributed by atoms with Gasteiger partial charge in [0.15, 0.2) is 0 Å². The molecule has 14 heavy (non-hydrogen) atoms. The van der Waals surface area contributed by atoms with Gasteiger partial charge in [0.25, 0.3) is 0 Å². The van der Waals surface area contributed by atoms with Crippen LogP contribution in [0, 0.1) is 22.7 Å². The molecule has 84 valence electrons. The topological polar surface area (TPSA) is 0 Å². The zero-order valence-electron chi connectivity index (χ0n) is 11.0. The Kier molecular flexibility index (Phi) is 3.33. The molecule has 1 aliphatic rings. The molecule has 0 aliphatic heterocycles. The van der Waals surface area contributed by atoms with Crippen LogP contribution in [0.4, 0.5) is 0 Å². The van der Waals surface area contributed by atoms with Gasteiger partial charge in [-0.1, -0.05) is 54.4 Å². The van der Waals surface area contributed by atoms with Gasteiger partial charge in [-0.15, -0.1) is 0 Å². The van der Waals surface area contributed by atoms with E-state index in [-0.39, 0.29) is 0 Å². The Morgan fingerprint density at radius 1 is 1.00 bits per heavy atom. The van der Waals surface area contributed by atoms with Crippen molar-refractivity contribution in [1.82, 2.24) is 0 Å². The average Bonchev–Trinajstić information content (AvgIpc) is 2.31. The van der Waals surface area contributed by atoms with Crippen molar-refractivity contribution in [2.75, 3.05) is 0 Å². The summed E-state index contributed by atoms with van der Waals surface area (Å²) in [5.74, 6) is 1.98. The molecule has 0 spiro atoms. The van der Waals surface area contributed by atoms with Crippen LogP contribution in [0.15, 0.2) is 0 Å². The highest BCUT2D eigenvalue weighted by atomic mass is 14.4. The lowest BCUT2D eigenvalue weighted by Crippen LogP contribution is -2.31. The van der Waals surface area contributed by atoms with Crippen LogP contribution in [0.3, 0.4) is 0 Å². The minimum Gasteiger partial charge on any atom is -0.0625 e. The van der Waals surface area contributed by atoms with Gasteiger partial charge in [0.05, 0.1) is 0 Å². The van der Waals surface area contributed by atoms with Gasteiger partial charge in [-0.3, -0.25) is 0 Å². The lowest BCUT2D eigenvalue weighted by Gasteiger charge is -2.40. The third kappa shape index (κ3) is 2.74. The van der Waals surface area contributed by atoms with E-state index >= 15 is 0 Å². The van der Waals surface area contributed by atoms with Crippen molar-refractivity contribution in [2.24, 2.45) is 22.7 Å². The first-order chi connectivity index (χ1) is 6.22. The SMILES string of the molecule is CC1CCC(CC(C)(C)C(C)(C)C)C1. The summed E-state index contributed by atoms with van der Waals surface area (Å²) in [6.45, 7) is 14.4. The summed E-state index contributed by atoms with van der Waals surface area (Å²) >= 11 is 0. The van der Waals surface area contributed by atoms with Gasteiger partial charge in [-0.2, -0.15) is 0 Å². The second-order valence-electron chi connectivity index (χ2n) is 7.12. The summed E-state index contributed by atoms with van der Waals surface area (Å²) in [5.41, 5.74) is 0.931. The molecule has 0 saturated heterocycles. The highest BCUT2D eigenvalue weighted by Crippen LogP contribution is 2.46. The van der Waals surface area contributed by atoms with Crippen molar-refractivity contribution < 1.29 is 0 Å². The predicted octanol–water partition coefficient (Wildman–Crippen LogP) is 4.89. The Hall–Kier alpha value is 0. The summed E-state index contributed by atoms with van der Waals surface area (Å²) in [5, 5.41) is 0. The first-order valence-electron chi connectivity index (χ1n) is 6.22. The summed E-state index contributed by atoms with van der Waals surface area (Å²) < 4.78 is 0. The maximum atomic E-state index is 2.44. The van der Waals surface area contributed by atoms with Gasteiger partial charge in [-0.25, -0.2) is 0 Å². The fraction of sp³-hybridized carbons (Fsp3) is 1.00. The fourth-order valence-corrected chi connectivity index (χ4v) is 2.54. The van der Waals surface area contributed by atoms with E-state index in [9.17, 15) is 0 Å². The largest absolute Gasteiger partial charge is 0.0625 e. The molecule has 0 radical (unpaired) electrons. The molecule has 1 fully saturated rings. The van der Waals surface area contributed by atoms with Crippen molar-refractivity contribution in [3.05, 3.63) is 0 Å². The molecule has 1 aliphatic carbocycles. The molecule has 0 aromatic carbocycles. The van der Waals surface area contributed by atoms with Crippen molar-refractivity contribution in [3.63, 3.8) is 0 Å². The standard InChI is InChI=1S/C14H28/c1-11-7-8-12(9-11)10-14(5,6)13(2,3)4/h11-12H,7-10H2,1-6H3. The molecular formula is C14H28. The molecule has 0 heterocycles. The van der Waals surface area contributed by atoms with E-state index in [2.05, 4.69) is 41.5 Å². The maximum absolute atomic E-state index is 2.44. The number of hydrogen-bond acceptors (Lipinski definition) is 0. The Labute approximate surface area is 90.5 Å². The third-order valence-corrected chi connectivity index (χ3v) is 4.63. The molecule has 0 aromatic rings. The van der Waals surface area contributed by atoms with Crippen LogP contribution < -0.4 is 0 Å². The highest BCUT2D eigenvalue weighted by molar-refractivity contribution is 4.86. The van der Waals surface area contributed by atoms with Crippen LogP contribution in [0.1, 0.15) is 67.2 Å². The molecule has 0 bridgehead atoms. The van der Waals surface area contributed by atoms with Crippen LogP contribution in [0.25, 0.3) is 0 Å². The normalized spacial score (nSPS) is 29.6. The van der Waals surface area contributed by atoms with Gasteiger partial charge >= 0.3 is 0 Å². The second kappa shape index (κ2) is 3.87. The molecule has 0 nitrogen and oxygen atoms in total. The Morgan fingerprint density at radius 2 is 1.57 bits per heavy atom. The first-order valence-corrected chi connectivity index (χ1v) is 6.22. The first kappa shape index (κ1) is 12.1. The van der Waals surface area contributed by atoms with Crippen LogP contribution in [0.5, 0.6) is 0 Å². The molecule has 2 unspecified atom stereocenters. The predicted molar refractivity (Wildman–Crippen MR) is 64.4 cm³/mol. The molecule has 0 heteroatoms. The fourth-order valence-electron chi connectivity index (χ4n) is 2.54. The minimum atomic E-state index is 0.443. The van der Waals surface area contributed by atoms with E-state index in [1.165, 1.54) is 25.7 Å². The Balaban J connectivity index is 2.51. The lowest BCUT2D eigenvalue weighted by atomic mass is 9.65. The smallest absolute Gasteiger partial charge is 0.0303 e. The lowest BCUT2D eigenvalue weighted by molar-refractivity contribution is 0.0956. The van der Waals surface area contributed by atoms with Crippen LogP contribution >= 0.6 is 0 Å². The van der Waals surface area contributed by atoms with Crippen LogP contribution in [0.2, 0.25) is 0 Å². The molecule has 2 atom stereocenters. The zero-order valence-corrected chi connectivity index (χ0v) is 11.0. The summed E-state index contributed by atoms with van der Waals surface area (Å²) in [6, 6.07) is 0. The van der Waals surface area contributed by atoms with Crippen LogP contribution in [-0.4, -0.2) is 0 Å².